The molecule has 0 bridgehead atoms. The number of hydrogen-bond donors (Lipinski definition) is 2. The average Bonchev–Trinajstić information content (AvgIpc) is 2.61. The fraction of sp³-hybridized carbons (Fsp3) is 0.529. The molecule has 7 heteroatoms. The Morgan fingerprint density at radius 1 is 1.17 bits per heavy atom. The number of ether oxygens (including phenoxy) is 2. The van der Waals surface area contributed by atoms with Gasteiger partial charge in [-0.15, -0.1) is 0 Å². The van der Waals surface area contributed by atoms with Gasteiger partial charge < -0.3 is 25.0 Å². The zero-order chi connectivity index (χ0) is 17.5. The quantitative estimate of drug-likeness (QED) is 0.865. The van der Waals surface area contributed by atoms with Crippen molar-refractivity contribution in [1.29, 1.82) is 0 Å². The third-order valence-electron chi connectivity index (χ3n) is 4.17. The first-order chi connectivity index (χ1) is 11.5. The first kappa shape index (κ1) is 18.2. The first-order valence-corrected chi connectivity index (χ1v) is 8.06. The Morgan fingerprint density at radius 2 is 1.79 bits per heavy atom. The summed E-state index contributed by atoms with van der Waals surface area (Å²) in [6, 6.07) is 6.91. The lowest BCUT2D eigenvalue weighted by atomic mass is 10.1. The van der Waals surface area contributed by atoms with E-state index in [1.807, 2.05) is 0 Å². The molecule has 1 aromatic carbocycles. The highest BCUT2D eigenvalue weighted by Gasteiger charge is 2.22. The molecule has 24 heavy (non-hydrogen) atoms. The molecule has 1 aliphatic rings. The van der Waals surface area contributed by atoms with Crippen LogP contribution in [0.1, 0.15) is 19.8 Å². The van der Waals surface area contributed by atoms with E-state index in [1.54, 1.807) is 43.2 Å². The van der Waals surface area contributed by atoms with Crippen LogP contribution in [0, 0.1) is 0 Å². The van der Waals surface area contributed by atoms with Crippen molar-refractivity contribution in [2.75, 3.05) is 37.9 Å². The summed E-state index contributed by atoms with van der Waals surface area (Å²) in [5.41, 5.74) is 1.25. The van der Waals surface area contributed by atoms with E-state index in [9.17, 15) is 9.59 Å². The minimum absolute atomic E-state index is 0.140. The molecule has 1 saturated heterocycles. The number of likely N-dealkylation sites (tertiary alicyclic amines) is 1. The van der Waals surface area contributed by atoms with E-state index in [4.69, 9.17) is 9.47 Å². The summed E-state index contributed by atoms with van der Waals surface area (Å²) < 4.78 is 10.3. The number of hydrogen-bond acceptors (Lipinski definition) is 4. The van der Waals surface area contributed by atoms with Gasteiger partial charge in [0.05, 0.1) is 6.10 Å². The van der Waals surface area contributed by atoms with Crippen LogP contribution in [-0.2, 0) is 14.3 Å². The zero-order valence-corrected chi connectivity index (χ0v) is 14.4. The Labute approximate surface area is 142 Å². The van der Waals surface area contributed by atoms with Crippen molar-refractivity contribution in [3.63, 3.8) is 0 Å². The van der Waals surface area contributed by atoms with E-state index in [0.717, 1.165) is 12.8 Å². The van der Waals surface area contributed by atoms with Gasteiger partial charge in [0.15, 0.2) is 0 Å². The molecule has 1 aromatic rings. The molecule has 1 fully saturated rings. The molecular formula is C17H25N3O4. The molecule has 1 heterocycles. The summed E-state index contributed by atoms with van der Waals surface area (Å²) in [4.78, 5) is 25.9. The summed E-state index contributed by atoms with van der Waals surface area (Å²) in [5, 5.41) is 5.62. The van der Waals surface area contributed by atoms with E-state index >= 15 is 0 Å². The van der Waals surface area contributed by atoms with Gasteiger partial charge in [0.25, 0.3) is 5.91 Å². The van der Waals surface area contributed by atoms with Crippen molar-refractivity contribution in [2.24, 2.45) is 0 Å². The van der Waals surface area contributed by atoms with Crippen molar-refractivity contribution in [1.82, 2.24) is 4.90 Å². The SMILES string of the molecule is COC1CCN(C(=O)Nc2cccc(NC(=O)[C@H](C)OC)c2)CC1. The number of urea groups is 1. The van der Waals surface area contributed by atoms with Crippen LogP contribution in [-0.4, -0.2) is 56.4 Å². The van der Waals surface area contributed by atoms with E-state index < -0.39 is 6.10 Å². The van der Waals surface area contributed by atoms with Gasteiger partial charge in [-0.2, -0.15) is 0 Å². The molecule has 0 spiro atoms. The van der Waals surface area contributed by atoms with Crippen LogP contribution in [0.25, 0.3) is 0 Å². The summed E-state index contributed by atoms with van der Waals surface area (Å²) in [6.07, 6.45) is 1.38. The fourth-order valence-electron chi connectivity index (χ4n) is 2.52. The second-order valence-electron chi connectivity index (χ2n) is 5.80. The molecule has 7 nitrogen and oxygen atoms in total. The van der Waals surface area contributed by atoms with Gasteiger partial charge in [-0.05, 0) is 38.0 Å². The predicted octanol–water partition coefficient (Wildman–Crippen LogP) is 2.30. The topological polar surface area (TPSA) is 79.9 Å². The number of rotatable bonds is 5. The molecule has 0 unspecified atom stereocenters. The number of piperidine rings is 1. The van der Waals surface area contributed by atoms with Crippen molar-refractivity contribution >= 4 is 23.3 Å². The highest BCUT2D eigenvalue weighted by atomic mass is 16.5. The lowest BCUT2D eigenvalue weighted by Crippen LogP contribution is -2.42. The Balaban J connectivity index is 1.92. The molecule has 1 aliphatic heterocycles. The molecule has 2 rings (SSSR count). The highest BCUT2D eigenvalue weighted by Crippen LogP contribution is 2.18. The molecule has 132 valence electrons. The van der Waals surface area contributed by atoms with Gasteiger partial charge in [0.1, 0.15) is 6.10 Å². The lowest BCUT2D eigenvalue weighted by Gasteiger charge is -2.31. The van der Waals surface area contributed by atoms with Gasteiger partial charge in [0, 0.05) is 38.7 Å². The molecule has 0 aromatic heterocycles. The number of nitrogens with one attached hydrogen (secondary N) is 2. The van der Waals surface area contributed by atoms with Gasteiger partial charge in [-0.25, -0.2) is 4.79 Å². The molecule has 0 saturated carbocycles. The summed E-state index contributed by atoms with van der Waals surface area (Å²) in [7, 11) is 3.18. The Hall–Kier alpha value is -2.12. The van der Waals surface area contributed by atoms with Crippen LogP contribution < -0.4 is 10.6 Å². The maximum Gasteiger partial charge on any atom is 0.321 e. The van der Waals surface area contributed by atoms with Crippen LogP contribution in [0.15, 0.2) is 24.3 Å². The minimum atomic E-state index is -0.537. The van der Waals surface area contributed by atoms with Crippen LogP contribution in [0.3, 0.4) is 0 Å². The number of carbonyl (C=O) groups is 2. The normalized spacial score (nSPS) is 16.5. The molecule has 2 N–H and O–H groups in total. The predicted molar refractivity (Wildman–Crippen MR) is 92.2 cm³/mol. The van der Waals surface area contributed by atoms with Gasteiger partial charge >= 0.3 is 6.03 Å². The number of amides is 3. The highest BCUT2D eigenvalue weighted by molar-refractivity contribution is 5.95. The van der Waals surface area contributed by atoms with Crippen LogP contribution >= 0.6 is 0 Å². The third kappa shape index (κ3) is 4.94. The van der Waals surface area contributed by atoms with Gasteiger partial charge in [-0.3, -0.25) is 4.79 Å². The standard InChI is InChI=1S/C17H25N3O4/c1-12(23-2)16(21)18-13-5-4-6-14(11-13)19-17(22)20-9-7-15(24-3)8-10-20/h4-6,11-12,15H,7-10H2,1-3H3,(H,18,21)(H,19,22)/t12-/m0/s1. The Morgan fingerprint density at radius 3 is 2.38 bits per heavy atom. The molecule has 0 radical (unpaired) electrons. The van der Waals surface area contributed by atoms with Crippen molar-refractivity contribution in [3.8, 4) is 0 Å². The largest absolute Gasteiger partial charge is 0.381 e. The van der Waals surface area contributed by atoms with E-state index in [1.165, 1.54) is 7.11 Å². The van der Waals surface area contributed by atoms with Gasteiger partial charge in [0.2, 0.25) is 0 Å². The van der Waals surface area contributed by atoms with E-state index in [-0.39, 0.29) is 18.0 Å². The number of carbonyl (C=O) groups excluding carboxylic acids is 2. The summed E-state index contributed by atoms with van der Waals surface area (Å²) in [6.45, 7) is 3.02. The maximum absolute atomic E-state index is 12.3. The molecular weight excluding hydrogens is 310 g/mol. The molecule has 0 aliphatic carbocycles. The Bertz CT molecular complexity index is 571. The summed E-state index contributed by atoms with van der Waals surface area (Å²) in [5.74, 6) is -0.234. The maximum atomic E-state index is 12.3. The van der Waals surface area contributed by atoms with Crippen molar-refractivity contribution in [2.45, 2.75) is 32.0 Å². The third-order valence-corrected chi connectivity index (χ3v) is 4.17. The van der Waals surface area contributed by atoms with Crippen LogP contribution in [0.5, 0.6) is 0 Å². The number of benzene rings is 1. The fourth-order valence-corrected chi connectivity index (χ4v) is 2.52. The zero-order valence-electron chi connectivity index (χ0n) is 14.4. The molecule has 3 amide bonds. The summed E-state index contributed by atoms with van der Waals surface area (Å²) >= 11 is 0. The Kier molecular flexibility index (Phi) is 6.57. The molecule has 1 atom stereocenters. The second-order valence-corrected chi connectivity index (χ2v) is 5.80. The number of anilines is 2. The number of methoxy groups -OCH3 is 2. The lowest BCUT2D eigenvalue weighted by molar-refractivity contribution is -0.124. The van der Waals surface area contributed by atoms with E-state index in [0.29, 0.717) is 24.5 Å². The monoisotopic (exact) mass is 335 g/mol. The smallest absolute Gasteiger partial charge is 0.321 e. The van der Waals surface area contributed by atoms with Crippen molar-refractivity contribution < 1.29 is 19.1 Å². The van der Waals surface area contributed by atoms with Crippen LogP contribution in [0.2, 0.25) is 0 Å². The van der Waals surface area contributed by atoms with Gasteiger partial charge in [-0.1, -0.05) is 6.07 Å². The van der Waals surface area contributed by atoms with Crippen LogP contribution in [0.4, 0.5) is 16.2 Å². The number of nitrogens with zero attached hydrogens (tertiary/aromatic N) is 1. The van der Waals surface area contributed by atoms with Crippen molar-refractivity contribution in [3.05, 3.63) is 24.3 Å². The average molecular weight is 335 g/mol. The minimum Gasteiger partial charge on any atom is -0.381 e. The first-order valence-electron chi connectivity index (χ1n) is 8.06. The van der Waals surface area contributed by atoms with E-state index in [2.05, 4.69) is 10.6 Å². The second kappa shape index (κ2) is 8.65.